The second kappa shape index (κ2) is 12.3. The van der Waals surface area contributed by atoms with Crippen LogP contribution in [-0.4, -0.2) is 62.2 Å². The molecule has 10 heteroatoms. The Morgan fingerprint density at radius 3 is 2.24 bits per heavy atom. The standard InChI is InChI=1S/C24H33BrN4O4S/c1-6-18(2)26-24(31)19(3)28(16-20-11-10-12-21(25)15-20)23(30)17-29(34(32,33)27(4)5)22-13-8-7-9-14-22/h7-15,18-19H,6,16-17H2,1-5H3,(H,26,31)/t18-,19-/m0/s1. The molecule has 0 spiro atoms. The zero-order valence-corrected chi connectivity index (χ0v) is 22.6. The number of hydrogen-bond donors (Lipinski definition) is 1. The summed E-state index contributed by atoms with van der Waals surface area (Å²) < 4.78 is 29.1. The van der Waals surface area contributed by atoms with Crippen LogP contribution in [0, 0.1) is 0 Å². The fourth-order valence-corrected chi connectivity index (χ4v) is 4.69. The van der Waals surface area contributed by atoms with Gasteiger partial charge in [-0.2, -0.15) is 12.7 Å². The van der Waals surface area contributed by atoms with Gasteiger partial charge in [0.15, 0.2) is 0 Å². The highest BCUT2D eigenvalue weighted by Crippen LogP contribution is 2.21. The van der Waals surface area contributed by atoms with Crippen molar-refractivity contribution in [3.63, 3.8) is 0 Å². The summed E-state index contributed by atoms with van der Waals surface area (Å²) in [5.41, 5.74) is 1.18. The van der Waals surface area contributed by atoms with Gasteiger partial charge in [0, 0.05) is 31.2 Å². The zero-order chi connectivity index (χ0) is 25.5. The first-order chi connectivity index (χ1) is 16.0. The summed E-state index contributed by atoms with van der Waals surface area (Å²) in [7, 11) is -1.13. The van der Waals surface area contributed by atoms with E-state index >= 15 is 0 Å². The van der Waals surface area contributed by atoms with E-state index in [1.807, 2.05) is 38.1 Å². The molecule has 2 amide bonds. The van der Waals surface area contributed by atoms with Crippen LogP contribution in [0.3, 0.4) is 0 Å². The van der Waals surface area contributed by atoms with Crippen LogP contribution in [0.2, 0.25) is 0 Å². The second-order valence-corrected chi connectivity index (χ2v) is 11.3. The molecule has 0 aliphatic rings. The molecule has 34 heavy (non-hydrogen) atoms. The molecule has 8 nitrogen and oxygen atoms in total. The number of hydrogen-bond acceptors (Lipinski definition) is 4. The van der Waals surface area contributed by atoms with E-state index in [4.69, 9.17) is 0 Å². The van der Waals surface area contributed by atoms with Crippen molar-refractivity contribution >= 4 is 43.6 Å². The first-order valence-electron chi connectivity index (χ1n) is 11.1. The normalized spacial score (nSPS) is 13.3. The van der Waals surface area contributed by atoms with E-state index in [2.05, 4.69) is 21.2 Å². The molecule has 0 aromatic heterocycles. The Hall–Kier alpha value is -2.43. The van der Waals surface area contributed by atoms with Crippen molar-refractivity contribution < 1.29 is 18.0 Å². The van der Waals surface area contributed by atoms with E-state index < -0.39 is 28.7 Å². The van der Waals surface area contributed by atoms with Crippen molar-refractivity contribution in [2.45, 2.75) is 45.8 Å². The maximum Gasteiger partial charge on any atom is 0.304 e. The maximum atomic E-state index is 13.6. The fraction of sp³-hybridized carbons (Fsp3) is 0.417. The summed E-state index contributed by atoms with van der Waals surface area (Å²) in [6, 6.07) is 15.0. The molecule has 0 saturated carbocycles. The highest BCUT2D eigenvalue weighted by atomic mass is 79.9. The Kier molecular flexibility index (Phi) is 10.1. The van der Waals surface area contributed by atoms with Gasteiger partial charge in [-0.05, 0) is 50.1 Å². The minimum Gasteiger partial charge on any atom is -0.352 e. The van der Waals surface area contributed by atoms with Gasteiger partial charge in [0.1, 0.15) is 12.6 Å². The molecule has 1 N–H and O–H groups in total. The summed E-state index contributed by atoms with van der Waals surface area (Å²) in [5, 5.41) is 2.91. The van der Waals surface area contributed by atoms with Gasteiger partial charge in [-0.1, -0.05) is 53.2 Å². The zero-order valence-electron chi connectivity index (χ0n) is 20.2. The third kappa shape index (κ3) is 7.28. The number of benzene rings is 2. The van der Waals surface area contributed by atoms with Crippen molar-refractivity contribution in [2.75, 3.05) is 24.9 Å². The molecule has 0 radical (unpaired) electrons. The number of carbonyl (C=O) groups excluding carboxylic acids is 2. The Morgan fingerprint density at radius 1 is 1.03 bits per heavy atom. The van der Waals surface area contributed by atoms with Crippen molar-refractivity contribution in [2.24, 2.45) is 0 Å². The topological polar surface area (TPSA) is 90.0 Å². The van der Waals surface area contributed by atoms with E-state index in [0.717, 1.165) is 25.1 Å². The molecule has 0 bridgehead atoms. The quantitative estimate of drug-likeness (QED) is 0.462. The van der Waals surface area contributed by atoms with Gasteiger partial charge >= 0.3 is 10.2 Å². The van der Waals surface area contributed by atoms with Crippen LogP contribution in [0.4, 0.5) is 5.69 Å². The minimum absolute atomic E-state index is 0.0484. The molecule has 2 aromatic carbocycles. The number of carbonyl (C=O) groups is 2. The molecule has 0 heterocycles. The van der Waals surface area contributed by atoms with Crippen LogP contribution >= 0.6 is 15.9 Å². The van der Waals surface area contributed by atoms with E-state index in [9.17, 15) is 18.0 Å². The van der Waals surface area contributed by atoms with E-state index in [0.29, 0.717) is 5.69 Å². The molecular formula is C24H33BrN4O4S. The summed E-state index contributed by atoms with van der Waals surface area (Å²) in [6.45, 7) is 5.22. The SMILES string of the molecule is CC[C@H](C)NC(=O)[C@H](C)N(Cc1cccc(Br)c1)C(=O)CN(c1ccccc1)S(=O)(=O)N(C)C. The summed E-state index contributed by atoms with van der Waals surface area (Å²) in [5.74, 6) is -0.777. The Labute approximate surface area is 211 Å². The number of halogens is 1. The van der Waals surface area contributed by atoms with Gasteiger partial charge in [-0.3, -0.25) is 9.59 Å². The molecule has 0 saturated heterocycles. The highest BCUT2D eigenvalue weighted by Gasteiger charge is 2.32. The van der Waals surface area contributed by atoms with Gasteiger partial charge in [-0.15, -0.1) is 0 Å². The molecular weight excluding hydrogens is 520 g/mol. The third-order valence-electron chi connectivity index (χ3n) is 5.47. The molecule has 0 fully saturated rings. The van der Waals surface area contributed by atoms with E-state index in [1.165, 1.54) is 19.0 Å². The van der Waals surface area contributed by atoms with Crippen molar-refractivity contribution in [1.29, 1.82) is 0 Å². The lowest BCUT2D eigenvalue weighted by atomic mass is 10.1. The molecule has 186 valence electrons. The molecule has 2 atom stereocenters. The number of amides is 2. The van der Waals surface area contributed by atoms with Crippen LogP contribution in [-0.2, 0) is 26.3 Å². The van der Waals surface area contributed by atoms with Gasteiger partial charge in [0.25, 0.3) is 0 Å². The Balaban J connectivity index is 2.42. The van der Waals surface area contributed by atoms with Crippen molar-refractivity contribution in [1.82, 2.24) is 14.5 Å². The second-order valence-electron chi connectivity index (χ2n) is 8.28. The monoisotopic (exact) mass is 552 g/mol. The highest BCUT2D eigenvalue weighted by molar-refractivity contribution is 9.10. The Bertz CT molecular complexity index is 1080. The largest absolute Gasteiger partial charge is 0.352 e. The fourth-order valence-electron chi connectivity index (χ4n) is 3.19. The lowest BCUT2D eigenvalue weighted by Gasteiger charge is -2.33. The van der Waals surface area contributed by atoms with Gasteiger partial charge < -0.3 is 10.2 Å². The van der Waals surface area contributed by atoms with Crippen molar-refractivity contribution in [3.05, 3.63) is 64.6 Å². The van der Waals surface area contributed by atoms with Crippen LogP contribution in [0.15, 0.2) is 59.1 Å². The van der Waals surface area contributed by atoms with Crippen LogP contribution in [0.5, 0.6) is 0 Å². The van der Waals surface area contributed by atoms with Gasteiger partial charge in [0.05, 0.1) is 5.69 Å². The van der Waals surface area contributed by atoms with Gasteiger partial charge in [0.2, 0.25) is 11.8 Å². The lowest BCUT2D eigenvalue weighted by Crippen LogP contribution is -2.53. The molecule has 2 rings (SSSR count). The number of anilines is 1. The molecule has 0 aliphatic heterocycles. The third-order valence-corrected chi connectivity index (χ3v) is 7.79. The summed E-state index contributed by atoms with van der Waals surface area (Å²) in [4.78, 5) is 27.9. The number of nitrogens with zero attached hydrogens (tertiary/aromatic N) is 3. The number of nitrogens with one attached hydrogen (secondary N) is 1. The average Bonchev–Trinajstić information content (AvgIpc) is 2.80. The summed E-state index contributed by atoms with van der Waals surface area (Å²) in [6.07, 6.45) is 0.751. The summed E-state index contributed by atoms with van der Waals surface area (Å²) >= 11 is 3.43. The molecule has 0 unspecified atom stereocenters. The predicted molar refractivity (Wildman–Crippen MR) is 138 cm³/mol. The van der Waals surface area contributed by atoms with Crippen molar-refractivity contribution in [3.8, 4) is 0 Å². The first kappa shape index (κ1) is 27.8. The van der Waals surface area contributed by atoms with Crippen LogP contribution < -0.4 is 9.62 Å². The van der Waals surface area contributed by atoms with E-state index in [-0.39, 0.29) is 18.5 Å². The van der Waals surface area contributed by atoms with Crippen LogP contribution in [0.1, 0.15) is 32.8 Å². The predicted octanol–water partition coefficient (Wildman–Crippen LogP) is 3.39. The minimum atomic E-state index is -3.96. The van der Waals surface area contributed by atoms with Gasteiger partial charge in [-0.25, -0.2) is 4.31 Å². The van der Waals surface area contributed by atoms with E-state index in [1.54, 1.807) is 37.3 Å². The lowest BCUT2D eigenvalue weighted by molar-refractivity contribution is -0.139. The number of rotatable bonds is 11. The molecule has 0 aliphatic carbocycles. The first-order valence-corrected chi connectivity index (χ1v) is 13.3. The number of para-hydroxylation sites is 1. The smallest absolute Gasteiger partial charge is 0.304 e. The molecule has 2 aromatic rings. The maximum absolute atomic E-state index is 13.6. The Morgan fingerprint density at radius 2 is 1.68 bits per heavy atom. The van der Waals surface area contributed by atoms with Crippen LogP contribution in [0.25, 0.3) is 0 Å². The average molecular weight is 554 g/mol.